The van der Waals surface area contributed by atoms with E-state index in [1.54, 1.807) is 23.0 Å². The third-order valence-corrected chi connectivity index (χ3v) is 4.18. The average Bonchev–Trinajstić information content (AvgIpc) is 3.02. The van der Waals surface area contributed by atoms with Crippen LogP contribution in [0.15, 0.2) is 30.5 Å². The van der Waals surface area contributed by atoms with Gasteiger partial charge in [0.05, 0.1) is 29.7 Å². The molecular weight excluding hydrogens is 352 g/mol. The van der Waals surface area contributed by atoms with Gasteiger partial charge in [0.1, 0.15) is 0 Å². The number of likely N-dealkylation sites (N-methyl/N-ethyl adjacent to an activating group) is 1. The number of nitrogens with one attached hydrogen (secondary N) is 1. The van der Waals surface area contributed by atoms with E-state index in [1.807, 2.05) is 39.8 Å². The van der Waals surface area contributed by atoms with Crippen molar-refractivity contribution in [2.45, 2.75) is 40.2 Å². The quantitative estimate of drug-likeness (QED) is 0.807. The van der Waals surface area contributed by atoms with E-state index in [0.29, 0.717) is 23.6 Å². The van der Waals surface area contributed by atoms with Gasteiger partial charge in [-0.05, 0) is 45.4 Å². The van der Waals surface area contributed by atoms with E-state index in [2.05, 4.69) is 10.4 Å². The number of hydrogen-bond donors (Lipinski definition) is 1. The molecule has 0 aliphatic heterocycles. The maximum atomic E-state index is 13.0. The van der Waals surface area contributed by atoms with Crippen molar-refractivity contribution in [3.63, 3.8) is 0 Å². The predicted octanol–water partition coefficient (Wildman–Crippen LogP) is 3.07. The first-order valence-corrected chi connectivity index (χ1v) is 9.16. The fraction of sp³-hybridized carbons (Fsp3) is 0.421. The zero-order valence-electron chi connectivity index (χ0n) is 15.6. The zero-order valence-corrected chi connectivity index (χ0v) is 16.4. The summed E-state index contributed by atoms with van der Waals surface area (Å²) in [6.45, 7) is 8.07. The Morgan fingerprint density at radius 3 is 2.62 bits per heavy atom. The molecule has 0 radical (unpaired) electrons. The molecule has 0 saturated heterocycles. The number of aromatic nitrogens is 2. The molecule has 1 aromatic heterocycles. The molecule has 0 bridgehead atoms. The standard InChI is InChI=1S/C19H25ClN4O2/c1-5-17-16(11-21-24(17)15-9-7-8-14(20)10-15)19(26)23(6-2)12-18(25)22-13(3)4/h7-11,13H,5-6,12H2,1-4H3,(H,22,25). The third kappa shape index (κ3) is 4.64. The van der Waals surface area contributed by atoms with E-state index >= 15 is 0 Å². The summed E-state index contributed by atoms with van der Waals surface area (Å²) < 4.78 is 1.72. The summed E-state index contributed by atoms with van der Waals surface area (Å²) in [6, 6.07) is 7.36. The van der Waals surface area contributed by atoms with Crippen LogP contribution < -0.4 is 5.32 Å². The molecule has 6 nitrogen and oxygen atoms in total. The molecule has 0 atom stereocenters. The third-order valence-electron chi connectivity index (χ3n) is 3.94. The van der Waals surface area contributed by atoms with Crippen molar-refractivity contribution in [2.24, 2.45) is 0 Å². The second-order valence-corrected chi connectivity index (χ2v) is 6.73. The lowest BCUT2D eigenvalue weighted by molar-refractivity contribution is -0.122. The lowest BCUT2D eigenvalue weighted by Crippen LogP contribution is -2.42. The molecule has 0 spiro atoms. The van der Waals surface area contributed by atoms with Crippen molar-refractivity contribution in [2.75, 3.05) is 13.1 Å². The maximum absolute atomic E-state index is 13.0. The number of carbonyl (C=O) groups is 2. The number of hydrogen-bond acceptors (Lipinski definition) is 3. The molecule has 0 saturated carbocycles. The van der Waals surface area contributed by atoms with Crippen molar-refractivity contribution < 1.29 is 9.59 Å². The van der Waals surface area contributed by atoms with Crippen LogP contribution in [0.2, 0.25) is 5.02 Å². The second-order valence-electron chi connectivity index (χ2n) is 6.29. The smallest absolute Gasteiger partial charge is 0.257 e. The van der Waals surface area contributed by atoms with Crippen molar-refractivity contribution in [3.05, 3.63) is 46.7 Å². The summed E-state index contributed by atoms with van der Waals surface area (Å²) in [4.78, 5) is 26.5. The number of nitrogens with zero attached hydrogens (tertiary/aromatic N) is 3. The van der Waals surface area contributed by atoms with Gasteiger partial charge in [-0.2, -0.15) is 5.10 Å². The highest BCUT2D eigenvalue weighted by atomic mass is 35.5. The Hall–Kier alpha value is -2.34. The van der Waals surface area contributed by atoms with Crippen LogP contribution >= 0.6 is 11.6 Å². The fourth-order valence-electron chi connectivity index (χ4n) is 2.76. The van der Waals surface area contributed by atoms with Crippen molar-refractivity contribution in [1.29, 1.82) is 0 Å². The van der Waals surface area contributed by atoms with E-state index in [0.717, 1.165) is 11.4 Å². The van der Waals surface area contributed by atoms with Crippen molar-refractivity contribution in [3.8, 4) is 5.69 Å². The predicted molar refractivity (Wildman–Crippen MR) is 103 cm³/mol. The van der Waals surface area contributed by atoms with Crippen LogP contribution in [0.1, 0.15) is 43.7 Å². The molecule has 26 heavy (non-hydrogen) atoms. The monoisotopic (exact) mass is 376 g/mol. The van der Waals surface area contributed by atoms with E-state index in [-0.39, 0.29) is 24.4 Å². The molecular formula is C19H25ClN4O2. The minimum Gasteiger partial charge on any atom is -0.352 e. The van der Waals surface area contributed by atoms with E-state index in [1.165, 1.54) is 4.90 Å². The highest BCUT2D eigenvalue weighted by molar-refractivity contribution is 6.30. The Kier molecular flexibility index (Phi) is 6.80. The molecule has 1 aromatic carbocycles. The van der Waals surface area contributed by atoms with Crippen LogP contribution in [0, 0.1) is 0 Å². The molecule has 1 N–H and O–H groups in total. The van der Waals surface area contributed by atoms with Crippen LogP contribution in [0.4, 0.5) is 0 Å². The van der Waals surface area contributed by atoms with Gasteiger partial charge in [-0.15, -0.1) is 0 Å². The van der Waals surface area contributed by atoms with E-state index < -0.39 is 0 Å². The van der Waals surface area contributed by atoms with E-state index in [9.17, 15) is 9.59 Å². The molecule has 0 aliphatic rings. The first-order valence-electron chi connectivity index (χ1n) is 8.78. The SMILES string of the molecule is CCc1c(C(=O)N(CC)CC(=O)NC(C)C)cnn1-c1cccc(Cl)c1. The Morgan fingerprint density at radius 2 is 2.04 bits per heavy atom. The minimum atomic E-state index is -0.198. The van der Waals surface area contributed by atoms with Gasteiger partial charge in [0, 0.05) is 17.6 Å². The Bertz CT molecular complexity index is 786. The molecule has 2 rings (SSSR count). The van der Waals surface area contributed by atoms with Crippen LogP contribution in [0.3, 0.4) is 0 Å². The van der Waals surface area contributed by atoms with Crippen LogP contribution in [-0.2, 0) is 11.2 Å². The van der Waals surface area contributed by atoms with Crippen molar-refractivity contribution in [1.82, 2.24) is 20.0 Å². The lowest BCUT2D eigenvalue weighted by atomic mass is 10.1. The van der Waals surface area contributed by atoms with Gasteiger partial charge in [0.2, 0.25) is 5.91 Å². The van der Waals surface area contributed by atoms with Gasteiger partial charge in [-0.1, -0.05) is 24.6 Å². The first kappa shape index (κ1) is 20.0. The lowest BCUT2D eigenvalue weighted by Gasteiger charge is -2.21. The Morgan fingerprint density at radius 1 is 1.31 bits per heavy atom. The zero-order chi connectivity index (χ0) is 19.3. The average molecular weight is 377 g/mol. The normalized spacial score (nSPS) is 10.8. The van der Waals surface area contributed by atoms with Crippen molar-refractivity contribution >= 4 is 23.4 Å². The summed E-state index contributed by atoms with van der Waals surface area (Å²) in [5.41, 5.74) is 2.10. The summed E-state index contributed by atoms with van der Waals surface area (Å²) in [5.74, 6) is -0.369. The second kappa shape index (κ2) is 8.85. The molecule has 0 fully saturated rings. The molecule has 0 unspecified atom stereocenters. The van der Waals surface area contributed by atoms with Gasteiger partial charge in [-0.25, -0.2) is 4.68 Å². The molecule has 0 aliphatic carbocycles. The number of carbonyl (C=O) groups excluding carboxylic acids is 2. The first-order chi connectivity index (χ1) is 12.4. The highest BCUT2D eigenvalue weighted by Gasteiger charge is 2.23. The van der Waals surface area contributed by atoms with Gasteiger partial charge in [0.25, 0.3) is 5.91 Å². The van der Waals surface area contributed by atoms with Gasteiger partial charge in [0.15, 0.2) is 0 Å². The summed E-state index contributed by atoms with van der Waals surface area (Å²) in [6.07, 6.45) is 2.19. The summed E-state index contributed by atoms with van der Waals surface area (Å²) >= 11 is 6.07. The van der Waals surface area contributed by atoms with E-state index in [4.69, 9.17) is 11.6 Å². The van der Waals surface area contributed by atoms with Gasteiger partial charge < -0.3 is 10.2 Å². The number of amides is 2. The van der Waals surface area contributed by atoms with Crippen LogP contribution in [0.5, 0.6) is 0 Å². The Labute approximate surface area is 159 Å². The molecule has 7 heteroatoms. The van der Waals surface area contributed by atoms with Crippen LogP contribution in [-0.4, -0.2) is 45.6 Å². The van der Waals surface area contributed by atoms with Crippen LogP contribution in [0.25, 0.3) is 5.69 Å². The number of benzene rings is 1. The highest BCUT2D eigenvalue weighted by Crippen LogP contribution is 2.20. The van der Waals surface area contributed by atoms with Gasteiger partial charge >= 0.3 is 0 Å². The molecule has 2 amide bonds. The van der Waals surface area contributed by atoms with Gasteiger partial charge in [-0.3, -0.25) is 9.59 Å². The summed E-state index contributed by atoms with van der Waals surface area (Å²) in [5, 5.41) is 7.79. The fourth-order valence-corrected chi connectivity index (χ4v) is 2.95. The number of rotatable bonds is 7. The largest absolute Gasteiger partial charge is 0.352 e. The Balaban J connectivity index is 2.29. The number of halogens is 1. The maximum Gasteiger partial charge on any atom is 0.257 e. The summed E-state index contributed by atoms with van der Waals surface area (Å²) in [7, 11) is 0. The molecule has 2 aromatic rings. The minimum absolute atomic E-state index is 0.0268. The molecule has 1 heterocycles. The molecule has 140 valence electrons. The topological polar surface area (TPSA) is 67.2 Å².